The van der Waals surface area contributed by atoms with Gasteiger partial charge in [-0.25, -0.2) is 14.1 Å². The van der Waals surface area contributed by atoms with E-state index < -0.39 is 5.82 Å². The van der Waals surface area contributed by atoms with E-state index in [0.717, 1.165) is 19.4 Å². The average molecular weight is 328 g/mol. The molecule has 3 aromatic rings. The molecule has 6 nitrogen and oxygen atoms in total. The van der Waals surface area contributed by atoms with Crippen molar-refractivity contribution in [1.82, 2.24) is 19.3 Å². The minimum Gasteiger partial charge on any atom is -0.381 e. The van der Waals surface area contributed by atoms with E-state index in [-0.39, 0.29) is 11.2 Å². The van der Waals surface area contributed by atoms with E-state index in [9.17, 15) is 9.18 Å². The van der Waals surface area contributed by atoms with Crippen LogP contribution in [-0.4, -0.2) is 32.5 Å². The zero-order valence-corrected chi connectivity index (χ0v) is 13.1. The SMILES string of the molecule is O=c1c2cnn(-c3ccccc3F)c2ncn1CC1CCCOC1. The van der Waals surface area contributed by atoms with E-state index in [0.29, 0.717) is 30.1 Å². The van der Waals surface area contributed by atoms with E-state index >= 15 is 0 Å². The highest BCUT2D eigenvalue weighted by Crippen LogP contribution is 2.18. The van der Waals surface area contributed by atoms with Crippen LogP contribution in [0.25, 0.3) is 16.7 Å². The van der Waals surface area contributed by atoms with Crippen molar-refractivity contribution < 1.29 is 9.13 Å². The molecule has 1 unspecified atom stereocenters. The van der Waals surface area contributed by atoms with Gasteiger partial charge in [-0.2, -0.15) is 5.10 Å². The van der Waals surface area contributed by atoms with Crippen LogP contribution >= 0.6 is 0 Å². The highest BCUT2D eigenvalue weighted by Gasteiger charge is 2.18. The molecule has 1 aliphatic rings. The van der Waals surface area contributed by atoms with Gasteiger partial charge in [-0.15, -0.1) is 0 Å². The van der Waals surface area contributed by atoms with Crippen molar-refractivity contribution in [2.45, 2.75) is 19.4 Å². The van der Waals surface area contributed by atoms with Gasteiger partial charge in [-0.05, 0) is 25.0 Å². The molecule has 0 saturated carbocycles. The van der Waals surface area contributed by atoms with Crippen LogP contribution < -0.4 is 5.56 Å². The molecule has 3 heterocycles. The van der Waals surface area contributed by atoms with Crippen molar-refractivity contribution in [3.05, 3.63) is 53.0 Å². The van der Waals surface area contributed by atoms with E-state index in [1.54, 1.807) is 22.8 Å². The Morgan fingerprint density at radius 3 is 3.00 bits per heavy atom. The average Bonchev–Trinajstić information content (AvgIpc) is 3.03. The van der Waals surface area contributed by atoms with E-state index in [4.69, 9.17) is 4.74 Å². The van der Waals surface area contributed by atoms with E-state index in [2.05, 4.69) is 10.1 Å². The Balaban J connectivity index is 1.73. The zero-order chi connectivity index (χ0) is 16.5. The first-order valence-corrected chi connectivity index (χ1v) is 8.00. The van der Waals surface area contributed by atoms with Crippen LogP contribution in [0.4, 0.5) is 4.39 Å². The molecule has 1 saturated heterocycles. The number of hydrogen-bond acceptors (Lipinski definition) is 4. The van der Waals surface area contributed by atoms with Crippen molar-refractivity contribution in [2.24, 2.45) is 5.92 Å². The minimum absolute atomic E-state index is 0.159. The molecule has 1 aliphatic heterocycles. The molecule has 24 heavy (non-hydrogen) atoms. The third-order valence-electron chi connectivity index (χ3n) is 4.34. The van der Waals surface area contributed by atoms with E-state index in [1.807, 2.05) is 0 Å². The van der Waals surface area contributed by atoms with Crippen LogP contribution in [0.2, 0.25) is 0 Å². The van der Waals surface area contributed by atoms with Gasteiger partial charge >= 0.3 is 0 Å². The smallest absolute Gasteiger partial charge is 0.264 e. The molecule has 1 fully saturated rings. The monoisotopic (exact) mass is 328 g/mol. The number of halogens is 1. The maximum atomic E-state index is 14.0. The summed E-state index contributed by atoms with van der Waals surface area (Å²) in [4.78, 5) is 17.0. The number of benzene rings is 1. The van der Waals surface area contributed by atoms with Crippen LogP contribution in [0.5, 0.6) is 0 Å². The lowest BCUT2D eigenvalue weighted by molar-refractivity contribution is 0.0479. The maximum Gasteiger partial charge on any atom is 0.264 e. The van der Waals surface area contributed by atoms with Gasteiger partial charge < -0.3 is 4.74 Å². The first-order valence-electron chi connectivity index (χ1n) is 8.00. The van der Waals surface area contributed by atoms with Crippen LogP contribution in [0.3, 0.4) is 0 Å². The number of fused-ring (bicyclic) bond motifs is 1. The summed E-state index contributed by atoms with van der Waals surface area (Å²) in [5, 5.41) is 4.54. The Kier molecular flexibility index (Phi) is 3.86. The van der Waals surface area contributed by atoms with Crippen molar-refractivity contribution >= 4 is 11.0 Å². The summed E-state index contributed by atoms with van der Waals surface area (Å²) < 4.78 is 22.4. The van der Waals surface area contributed by atoms with Crippen LogP contribution in [-0.2, 0) is 11.3 Å². The molecule has 124 valence electrons. The lowest BCUT2D eigenvalue weighted by Gasteiger charge is -2.22. The standard InChI is InChI=1S/C17H17FN4O2/c18-14-5-1-2-6-15(14)22-16-13(8-20-22)17(23)21(11-19-16)9-12-4-3-7-24-10-12/h1-2,5-6,8,11-12H,3-4,7,9-10H2. The lowest BCUT2D eigenvalue weighted by atomic mass is 10.0. The lowest BCUT2D eigenvalue weighted by Crippen LogP contribution is -2.28. The largest absolute Gasteiger partial charge is 0.381 e. The Morgan fingerprint density at radius 2 is 2.21 bits per heavy atom. The molecule has 0 aliphatic carbocycles. The van der Waals surface area contributed by atoms with Gasteiger partial charge in [0, 0.05) is 19.1 Å². The van der Waals surface area contributed by atoms with Crippen molar-refractivity contribution in [3.63, 3.8) is 0 Å². The number of aromatic nitrogens is 4. The third kappa shape index (κ3) is 2.60. The number of rotatable bonds is 3. The molecule has 0 radical (unpaired) electrons. The Morgan fingerprint density at radius 1 is 1.33 bits per heavy atom. The summed E-state index contributed by atoms with van der Waals surface area (Å²) >= 11 is 0. The predicted molar refractivity (Wildman–Crippen MR) is 86.6 cm³/mol. The number of ether oxygens (including phenoxy) is 1. The molecule has 0 amide bonds. The molecular weight excluding hydrogens is 311 g/mol. The highest BCUT2D eigenvalue weighted by molar-refractivity contribution is 5.74. The summed E-state index contributed by atoms with van der Waals surface area (Å²) in [6.07, 6.45) is 5.02. The second-order valence-electron chi connectivity index (χ2n) is 6.03. The summed E-state index contributed by atoms with van der Waals surface area (Å²) in [5.41, 5.74) is 0.479. The first-order chi connectivity index (χ1) is 11.7. The van der Waals surface area contributed by atoms with Crippen LogP contribution in [0.15, 0.2) is 41.6 Å². The normalized spacial score (nSPS) is 18.1. The molecule has 1 aromatic carbocycles. The maximum absolute atomic E-state index is 14.0. The van der Waals surface area contributed by atoms with Crippen molar-refractivity contribution in [3.8, 4) is 5.69 Å². The van der Waals surface area contributed by atoms with Gasteiger partial charge in [0.2, 0.25) is 0 Å². The highest BCUT2D eigenvalue weighted by atomic mass is 19.1. The van der Waals surface area contributed by atoms with Gasteiger partial charge in [0.1, 0.15) is 16.9 Å². The Hall–Kier alpha value is -2.54. The Labute approximate surface area is 137 Å². The molecule has 0 bridgehead atoms. The van der Waals surface area contributed by atoms with Gasteiger partial charge in [0.25, 0.3) is 5.56 Å². The van der Waals surface area contributed by atoms with Crippen LogP contribution in [0.1, 0.15) is 12.8 Å². The Bertz CT molecular complexity index is 928. The fourth-order valence-electron chi connectivity index (χ4n) is 3.11. The summed E-state index contributed by atoms with van der Waals surface area (Å²) in [7, 11) is 0. The molecule has 0 spiro atoms. The molecule has 0 N–H and O–H groups in total. The second-order valence-corrected chi connectivity index (χ2v) is 6.03. The molecule has 1 atom stereocenters. The molecule has 7 heteroatoms. The second kappa shape index (κ2) is 6.16. The predicted octanol–water partition coefficient (Wildman–Crippen LogP) is 2.15. The summed E-state index contributed by atoms with van der Waals surface area (Å²) in [6.45, 7) is 2.03. The summed E-state index contributed by atoms with van der Waals surface area (Å²) in [5.74, 6) is -0.0925. The molecule has 2 aromatic heterocycles. The minimum atomic E-state index is -0.409. The number of hydrogen-bond donors (Lipinski definition) is 0. The number of para-hydroxylation sites is 1. The van der Waals surface area contributed by atoms with Gasteiger partial charge in [0.05, 0.1) is 19.1 Å². The van der Waals surface area contributed by atoms with E-state index in [1.165, 1.54) is 23.3 Å². The third-order valence-corrected chi connectivity index (χ3v) is 4.34. The zero-order valence-electron chi connectivity index (χ0n) is 13.1. The first kappa shape index (κ1) is 15.0. The van der Waals surface area contributed by atoms with Crippen molar-refractivity contribution in [2.75, 3.05) is 13.2 Å². The van der Waals surface area contributed by atoms with Gasteiger partial charge in [-0.1, -0.05) is 12.1 Å². The van der Waals surface area contributed by atoms with Crippen molar-refractivity contribution in [1.29, 1.82) is 0 Å². The van der Waals surface area contributed by atoms with Crippen LogP contribution in [0, 0.1) is 11.7 Å². The van der Waals surface area contributed by atoms with Gasteiger partial charge in [-0.3, -0.25) is 9.36 Å². The van der Waals surface area contributed by atoms with Gasteiger partial charge in [0.15, 0.2) is 5.65 Å². The summed E-state index contributed by atoms with van der Waals surface area (Å²) in [6, 6.07) is 6.29. The fraction of sp³-hybridized carbons (Fsp3) is 0.353. The quantitative estimate of drug-likeness (QED) is 0.739. The molecular formula is C17H17FN4O2. The molecule has 4 rings (SSSR count). The number of nitrogens with zero attached hydrogens (tertiary/aromatic N) is 4. The fourth-order valence-corrected chi connectivity index (χ4v) is 3.11. The topological polar surface area (TPSA) is 61.9 Å².